The standard InChI is InChI=1S/C15H21N3/c16-10-2-1-3-11-17-14-6-8-15(9-7-14)18-12-4-5-13-18/h4-9,12-13,17H,1-3,10-11,16H2. The Morgan fingerprint density at radius 2 is 1.67 bits per heavy atom. The molecular weight excluding hydrogens is 222 g/mol. The maximum atomic E-state index is 5.46. The van der Waals surface area contributed by atoms with Gasteiger partial charge in [-0.05, 0) is 55.8 Å². The molecule has 18 heavy (non-hydrogen) atoms. The third-order valence-electron chi connectivity index (χ3n) is 2.98. The molecule has 0 aliphatic carbocycles. The molecule has 0 unspecified atom stereocenters. The van der Waals surface area contributed by atoms with E-state index in [4.69, 9.17) is 5.73 Å². The third kappa shape index (κ3) is 3.64. The molecule has 0 fully saturated rings. The van der Waals surface area contributed by atoms with Crippen molar-refractivity contribution >= 4 is 5.69 Å². The van der Waals surface area contributed by atoms with Crippen LogP contribution in [0.1, 0.15) is 19.3 Å². The van der Waals surface area contributed by atoms with E-state index in [0.29, 0.717) is 0 Å². The van der Waals surface area contributed by atoms with Gasteiger partial charge in [0, 0.05) is 30.3 Å². The molecule has 3 heteroatoms. The first kappa shape index (κ1) is 12.7. The molecule has 0 saturated heterocycles. The normalized spacial score (nSPS) is 10.5. The number of nitrogens with one attached hydrogen (secondary N) is 1. The van der Waals surface area contributed by atoms with E-state index < -0.39 is 0 Å². The second kappa shape index (κ2) is 6.87. The first-order chi connectivity index (χ1) is 8.90. The average molecular weight is 243 g/mol. The second-order valence-electron chi connectivity index (χ2n) is 4.41. The van der Waals surface area contributed by atoms with Gasteiger partial charge in [-0.15, -0.1) is 0 Å². The summed E-state index contributed by atoms with van der Waals surface area (Å²) in [7, 11) is 0. The minimum Gasteiger partial charge on any atom is -0.385 e. The molecule has 0 atom stereocenters. The average Bonchev–Trinajstić information content (AvgIpc) is 2.93. The number of unbranched alkanes of at least 4 members (excludes halogenated alkanes) is 2. The van der Waals surface area contributed by atoms with E-state index >= 15 is 0 Å². The summed E-state index contributed by atoms with van der Waals surface area (Å²) < 4.78 is 2.10. The van der Waals surface area contributed by atoms with Crippen molar-refractivity contribution in [1.29, 1.82) is 0 Å². The molecule has 2 aromatic rings. The van der Waals surface area contributed by atoms with Gasteiger partial charge in [-0.3, -0.25) is 0 Å². The molecule has 1 aromatic carbocycles. The predicted octanol–water partition coefficient (Wildman–Crippen LogP) is 3.02. The fourth-order valence-electron chi connectivity index (χ4n) is 1.94. The van der Waals surface area contributed by atoms with Gasteiger partial charge >= 0.3 is 0 Å². The molecule has 3 nitrogen and oxygen atoms in total. The van der Waals surface area contributed by atoms with Crippen LogP contribution in [0.25, 0.3) is 5.69 Å². The Bertz CT molecular complexity index is 431. The highest BCUT2D eigenvalue weighted by Gasteiger charge is 1.95. The molecule has 0 radical (unpaired) electrons. The van der Waals surface area contributed by atoms with Gasteiger partial charge in [0.25, 0.3) is 0 Å². The van der Waals surface area contributed by atoms with Crippen LogP contribution < -0.4 is 11.1 Å². The molecule has 0 aliphatic rings. The maximum Gasteiger partial charge on any atom is 0.0450 e. The Hall–Kier alpha value is -1.74. The first-order valence-electron chi connectivity index (χ1n) is 6.57. The van der Waals surface area contributed by atoms with Crippen molar-refractivity contribution in [2.24, 2.45) is 5.73 Å². The zero-order valence-corrected chi connectivity index (χ0v) is 10.7. The van der Waals surface area contributed by atoms with Crippen LogP contribution in [0.15, 0.2) is 48.8 Å². The number of benzene rings is 1. The fourth-order valence-corrected chi connectivity index (χ4v) is 1.94. The van der Waals surface area contributed by atoms with Crippen LogP contribution in [0.3, 0.4) is 0 Å². The molecule has 0 saturated carbocycles. The minimum absolute atomic E-state index is 0.797. The second-order valence-corrected chi connectivity index (χ2v) is 4.41. The van der Waals surface area contributed by atoms with E-state index in [1.54, 1.807) is 0 Å². The van der Waals surface area contributed by atoms with Crippen molar-refractivity contribution < 1.29 is 0 Å². The highest BCUT2D eigenvalue weighted by molar-refractivity contribution is 5.48. The molecule has 96 valence electrons. The maximum absolute atomic E-state index is 5.46. The van der Waals surface area contributed by atoms with Crippen molar-refractivity contribution in [3.05, 3.63) is 48.8 Å². The molecule has 3 N–H and O–H groups in total. The van der Waals surface area contributed by atoms with Crippen LogP contribution in [0.2, 0.25) is 0 Å². The van der Waals surface area contributed by atoms with Crippen molar-refractivity contribution in [1.82, 2.24) is 4.57 Å². The lowest BCUT2D eigenvalue weighted by Gasteiger charge is -2.08. The van der Waals surface area contributed by atoms with Crippen molar-refractivity contribution in [2.45, 2.75) is 19.3 Å². The Morgan fingerprint density at radius 1 is 0.944 bits per heavy atom. The third-order valence-corrected chi connectivity index (χ3v) is 2.98. The number of nitrogens with zero attached hydrogens (tertiary/aromatic N) is 1. The fraction of sp³-hybridized carbons (Fsp3) is 0.333. The molecule has 0 amide bonds. The van der Waals surface area contributed by atoms with E-state index in [1.807, 2.05) is 12.1 Å². The zero-order chi connectivity index (χ0) is 12.6. The van der Waals surface area contributed by atoms with Crippen LogP contribution in [0.5, 0.6) is 0 Å². The van der Waals surface area contributed by atoms with Crippen LogP contribution in [-0.4, -0.2) is 17.7 Å². The van der Waals surface area contributed by atoms with Crippen molar-refractivity contribution in [3.8, 4) is 5.69 Å². The summed E-state index contributed by atoms with van der Waals surface area (Å²) >= 11 is 0. The van der Waals surface area contributed by atoms with Crippen LogP contribution in [0, 0.1) is 0 Å². The Balaban J connectivity index is 1.81. The molecule has 1 aromatic heterocycles. The van der Waals surface area contributed by atoms with Gasteiger partial charge in [-0.25, -0.2) is 0 Å². The van der Waals surface area contributed by atoms with Gasteiger partial charge in [0.15, 0.2) is 0 Å². The van der Waals surface area contributed by atoms with Crippen LogP contribution >= 0.6 is 0 Å². The Labute approximate surface area is 109 Å². The molecular formula is C15H21N3. The van der Waals surface area contributed by atoms with Gasteiger partial charge in [0.05, 0.1) is 0 Å². The number of rotatable bonds is 7. The summed E-state index contributed by atoms with van der Waals surface area (Å²) in [5.41, 5.74) is 7.83. The molecule has 0 aliphatic heterocycles. The zero-order valence-electron chi connectivity index (χ0n) is 10.7. The van der Waals surface area contributed by atoms with Gasteiger partial charge in [-0.2, -0.15) is 0 Å². The van der Waals surface area contributed by atoms with Crippen LogP contribution in [0.4, 0.5) is 5.69 Å². The smallest absolute Gasteiger partial charge is 0.0450 e. The lowest BCUT2D eigenvalue weighted by atomic mass is 10.2. The Morgan fingerprint density at radius 3 is 2.33 bits per heavy atom. The Kier molecular flexibility index (Phi) is 4.85. The molecule has 1 heterocycles. The topological polar surface area (TPSA) is 43.0 Å². The quantitative estimate of drug-likeness (QED) is 0.734. The van der Waals surface area contributed by atoms with Crippen LogP contribution in [-0.2, 0) is 0 Å². The largest absolute Gasteiger partial charge is 0.385 e. The van der Waals surface area contributed by atoms with Gasteiger partial charge in [0.2, 0.25) is 0 Å². The predicted molar refractivity (Wildman–Crippen MR) is 77.2 cm³/mol. The summed E-state index contributed by atoms with van der Waals surface area (Å²) in [6, 6.07) is 12.6. The van der Waals surface area contributed by atoms with E-state index in [2.05, 4.69) is 46.5 Å². The first-order valence-corrected chi connectivity index (χ1v) is 6.57. The summed E-state index contributed by atoms with van der Waals surface area (Å²) in [6.45, 7) is 1.81. The summed E-state index contributed by atoms with van der Waals surface area (Å²) in [4.78, 5) is 0. The molecule has 2 rings (SSSR count). The van der Waals surface area contributed by atoms with E-state index in [1.165, 1.54) is 24.2 Å². The molecule has 0 spiro atoms. The SMILES string of the molecule is NCCCCCNc1ccc(-n2cccc2)cc1. The summed E-state index contributed by atoms with van der Waals surface area (Å²) in [5.74, 6) is 0. The monoisotopic (exact) mass is 243 g/mol. The highest BCUT2D eigenvalue weighted by Crippen LogP contribution is 2.13. The van der Waals surface area contributed by atoms with E-state index in [9.17, 15) is 0 Å². The number of aromatic nitrogens is 1. The van der Waals surface area contributed by atoms with E-state index in [0.717, 1.165) is 19.5 Å². The summed E-state index contributed by atoms with van der Waals surface area (Å²) in [5, 5.41) is 3.43. The van der Waals surface area contributed by atoms with Crippen molar-refractivity contribution in [3.63, 3.8) is 0 Å². The number of nitrogens with two attached hydrogens (primary N) is 1. The number of hydrogen-bond donors (Lipinski definition) is 2. The van der Waals surface area contributed by atoms with Gasteiger partial charge < -0.3 is 15.6 Å². The van der Waals surface area contributed by atoms with Gasteiger partial charge in [-0.1, -0.05) is 6.42 Å². The van der Waals surface area contributed by atoms with Crippen molar-refractivity contribution in [2.75, 3.05) is 18.4 Å². The lowest BCUT2D eigenvalue weighted by Crippen LogP contribution is -2.03. The highest BCUT2D eigenvalue weighted by atomic mass is 14.9. The van der Waals surface area contributed by atoms with E-state index in [-0.39, 0.29) is 0 Å². The summed E-state index contributed by atoms with van der Waals surface area (Å²) in [6.07, 6.45) is 7.60. The lowest BCUT2D eigenvalue weighted by molar-refractivity contribution is 0.707. The molecule has 0 bridgehead atoms. The number of hydrogen-bond acceptors (Lipinski definition) is 2. The van der Waals surface area contributed by atoms with Gasteiger partial charge in [0.1, 0.15) is 0 Å². The number of anilines is 1. The minimum atomic E-state index is 0.797.